The molecule has 0 fully saturated rings. The zero-order valence-corrected chi connectivity index (χ0v) is 15.4. The minimum Gasteiger partial charge on any atom is -0.497 e. The van der Waals surface area contributed by atoms with Gasteiger partial charge in [0.1, 0.15) is 5.75 Å². The summed E-state index contributed by atoms with van der Waals surface area (Å²) in [5, 5.41) is 0. The fourth-order valence-electron chi connectivity index (χ4n) is 2.67. The van der Waals surface area contributed by atoms with Gasteiger partial charge in [-0.25, -0.2) is 9.79 Å². The van der Waals surface area contributed by atoms with Crippen molar-refractivity contribution >= 4 is 17.9 Å². The van der Waals surface area contributed by atoms with Crippen LogP contribution in [0.15, 0.2) is 47.1 Å². The normalized spacial score (nSPS) is 14.6. The second-order valence-corrected chi connectivity index (χ2v) is 5.49. The van der Waals surface area contributed by atoms with Crippen LogP contribution in [-0.2, 0) is 9.53 Å². The van der Waals surface area contributed by atoms with Gasteiger partial charge >= 0.3 is 5.97 Å². The van der Waals surface area contributed by atoms with Gasteiger partial charge in [0.05, 0.1) is 28.4 Å². The van der Waals surface area contributed by atoms with Gasteiger partial charge in [-0.1, -0.05) is 6.07 Å². The van der Waals surface area contributed by atoms with E-state index in [0.29, 0.717) is 34.1 Å². The Morgan fingerprint density at radius 1 is 0.926 bits per heavy atom. The standard InChI is InChI=1S/C20H19NO6/c1-23-14-7-5-6-13(10-14)19-21-15(20(22)27-19)11-12-8-9-16(24-2)18(26-4)17(12)25-3/h5-11H,1-4H3/b15-11-. The molecule has 0 amide bonds. The molecule has 0 saturated heterocycles. The minimum atomic E-state index is -0.551. The van der Waals surface area contributed by atoms with Crippen molar-refractivity contribution in [2.45, 2.75) is 0 Å². The van der Waals surface area contributed by atoms with E-state index in [2.05, 4.69) is 4.99 Å². The molecule has 0 unspecified atom stereocenters. The molecule has 0 spiro atoms. The summed E-state index contributed by atoms with van der Waals surface area (Å²) in [6, 6.07) is 10.6. The molecule has 1 heterocycles. The highest BCUT2D eigenvalue weighted by Gasteiger charge is 2.25. The first kappa shape index (κ1) is 18.3. The van der Waals surface area contributed by atoms with Crippen LogP contribution in [0.3, 0.4) is 0 Å². The number of cyclic esters (lactones) is 1. The molecule has 1 aliphatic rings. The van der Waals surface area contributed by atoms with Crippen LogP contribution >= 0.6 is 0 Å². The third-order valence-electron chi connectivity index (χ3n) is 3.96. The molecule has 0 N–H and O–H groups in total. The molecule has 2 aromatic rings. The first-order valence-corrected chi connectivity index (χ1v) is 8.07. The van der Waals surface area contributed by atoms with E-state index in [4.69, 9.17) is 23.7 Å². The number of ether oxygens (including phenoxy) is 5. The molecule has 27 heavy (non-hydrogen) atoms. The Labute approximate surface area is 156 Å². The summed E-state index contributed by atoms with van der Waals surface area (Å²) in [6.07, 6.45) is 1.58. The summed E-state index contributed by atoms with van der Waals surface area (Å²) in [5.41, 5.74) is 1.40. The Morgan fingerprint density at radius 3 is 2.37 bits per heavy atom. The highest BCUT2D eigenvalue weighted by molar-refractivity contribution is 6.13. The van der Waals surface area contributed by atoms with Crippen LogP contribution in [0.2, 0.25) is 0 Å². The molecule has 1 aliphatic heterocycles. The smallest absolute Gasteiger partial charge is 0.363 e. The van der Waals surface area contributed by atoms with Crippen molar-refractivity contribution < 1.29 is 28.5 Å². The third-order valence-corrected chi connectivity index (χ3v) is 3.96. The molecular formula is C20H19NO6. The van der Waals surface area contributed by atoms with Crippen molar-refractivity contribution in [2.75, 3.05) is 28.4 Å². The van der Waals surface area contributed by atoms with E-state index in [1.807, 2.05) is 0 Å². The van der Waals surface area contributed by atoms with Crippen molar-refractivity contribution in [3.63, 3.8) is 0 Å². The molecule has 7 heteroatoms. The number of hydrogen-bond donors (Lipinski definition) is 0. The number of benzene rings is 2. The first-order chi connectivity index (χ1) is 13.1. The summed E-state index contributed by atoms with van der Waals surface area (Å²) in [6.45, 7) is 0. The zero-order valence-electron chi connectivity index (χ0n) is 15.4. The minimum absolute atomic E-state index is 0.151. The molecule has 140 valence electrons. The zero-order chi connectivity index (χ0) is 19.4. The Hall–Kier alpha value is -3.48. The number of aliphatic imine (C=N–C) groups is 1. The van der Waals surface area contributed by atoms with Gasteiger partial charge < -0.3 is 23.7 Å². The lowest BCUT2D eigenvalue weighted by atomic mass is 10.1. The van der Waals surface area contributed by atoms with Crippen LogP contribution in [0, 0.1) is 0 Å². The summed E-state index contributed by atoms with van der Waals surface area (Å²) < 4.78 is 26.5. The number of rotatable bonds is 6. The fourth-order valence-corrected chi connectivity index (χ4v) is 2.67. The van der Waals surface area contributed by atoms with Gasteiger partial charge in [0.2, 0.25) is 11.6 Å². The van der Waals surface area contributed by atoms with Crippen molar-refractivity contribution in [3.8, 4) is 23.0 Å². The van der Waals surface area contributed by atoms with Gasteiger partial charge in [-0.15, -0.1) is 0 Å². The maximum atomic E-state index is 12.3. The molecule has 7 nitrogen and oxygen atoms in total. The number of carbonyl (C=O) groups is 1. The Bertz CT molecular complexity index is 932. The highest BCUT2D eigenvalue weighted by atomic mass is 16.6. The fraction of sp³-hybridized carbons (Fsp3) is 0.200. The molecule has 0 radical (unpaired) electrons. The van der Waals surface area contributed by atoms with Crippen LogP contribution in [0.25, 0.3) is 6.08 Å². The monoisotopic (exact) mass is 369 g/mol. The average molecular weight is 369 g/mol. The molecule has 0 bridgehead atoms. The van der Waals surface area contributed by atoms with Crippen molar-refractivity contribution in [1.29, 1.82) is 0 Å². The number of nitrogens with zero attached hydrogens (tertiary/aromatic N) is 1. The van der Waals surface area contributed by atoms with E-state index in [1.165, 1.54) is 21.3 Å². The second kappa shape index (κ2) is 7.82. The lowest BCUT2D eigenvalue weighted by Crippen LogP contribution is -2.05. The SMILES string of the molecule is COc1cccc(C2=N/C(=C\c3ccc(OC)c(OC)c3OC)C(=O)O2)c1. The molecule has 0 atom stereocenters. The summed E-state index contributed by atoms with van der Waals surface area (Å²) in [5.74, 6) is 1.69. The van der Waals surface area contributed by atoms with E-state index in [9.17, 15) is 4.79 Å². The second-order valence-electron chi connectivity index (χ2n) is 5.49. The molecule has 0 saturated carbocycles. The summed E-state index contributed by atoms with van der Waals surface area (Å²) in [4.78, 5) is 16.6. The maximum absolute atomic E-state index is 12.3. The Kier molecular flexibility index (Phi) is 5.30. The van der Waals surface area contributed by atoms with Gasteiger partial charge in [0.15, 0.2) is 17.2 Å². The van der Waals surface area contributed by atoms with Gasteiger partial charge in [-0.3, -0.25) is 0 Å². The van der Waals surface area contributed by atoms with Crippen LogP contribution < -0.4 is 18.9 Å². The Balaban J connectivity index is 2.02. The molecule has 2 aromatic carbocycles. The average Bonchev–Trinajstić information content (AvgIpc) is 3.07. The van der Waals surface area contributed by atoms with Gasteiger partial charge in [-0.2, -0.15) is 0 Å². The topological polar surface area (TPSA) is 75.6 Å². The number of hydrogen-bond acceptors (Lipinski definition) is 7. The molecule has 3 rings (SSSR count). The van der Waals surface area contributed by atoms with E-state index in [0.717, 1.165) is 0 Å². The van der Waals surface area contributed by atoms with Gasteiger partial charge in [0.25, 0.3) is 0 Å². The number of methoxy groups -OCH3 is 4. The summed E-state index contributed by atoms with van der Waals surface area (Å²) in [7, 11) is 6.13. The number of esters is 1. The highest BCUT2D eigenvalue weighted by Crippen LogP contribution is 2.40. The lowest BCUT2D eigenvalue weighted by molar-refractivity contribution is -0.129. The maximum Gasteiger partial charge on any atom is 0.363 e. The van der Waals surface area contributed by atoms with E-state index < -0.39 is 5.97 Å². The van der Waals surface area contributed by atoms with Crippen LogP contribution in [0.5, 0.6) is 23.0 Å². The Morgan fingerprint density at radius 2 is 1.70 bits per heavy atom. The van der Waals surface area contributed by atoms with Crippen LogP contribution in [0.1, 0.15) is 11.1 Å². The predicted octanol–water partition coefficient (Wildman–Crippen LogP) is 3.07. The van der Waals surface area contributed by atoms with Gasteiger partial charge in [-0.05, 0) is 36.4 Å². The van der Waals surface area contributed by atoms with E-state index >= 15 is 0 Å². The quantitative estimate of drug-likeness (QED) is 0.575. The predicted molar refractivity (Wildman–Crippen MR) is 99.7 cm³/mol. The van der Waals surface area contributed by atoms with Crippen molar-refractivity contribution in [2.24, 2.45) is 4.99 Å². The van der Waals surface area contributed by atoms with Gasteiger partial charge in [0, 0.05) is 11.1 Å². The molecule has 0 aliphatic carbocycles. The molecular weight excluding hydrogens is 350 g/mol. The largest absolute Gasteiger partial charge is 0.497 e. The molecule has 0 aromatic heterocycles. The van der Waals surface area contributed by atoms with E-state index in [1.54, 1.807) is 49.6 Å². The summed E-state index contributed by atoms with van der Waals surface area (Å²) >= 11 is 0. The van der Waals surface area contributed by atoms with Crippen LogP contribution in [0.4, 0.5) is 0 Å². The lowest BCUT2D eigenvalue weighted by Gasteiger charge is -2.14. The third kappa shape index (κ3) is 3.57. The van der Waals surface area contributed by atoms with Crippen molar-refractivity contribution in [1.82, 2.24) is 0 Å². The van der Waals surface area contributed by atoms with Crippen LogP contribution in [-0.4, -0.2) is 40.3 Å². The number of carbonyl (C=O) groups excluding carboxylic acids is 1. The van der Waals surface area contributed by atoms with Crippen molar-refractivity contribution in [3.05, 3.63) is 53.2 Å². The first-order valence-electron chi connectivity index (χ1n) is 8.07. The van der Waals surface area contributed by atoms with E-state index in [-0.39, 0.29) is 11.6 Å².